The third kappa shape index (κ3) is 2.61. The molecule has 1 amide bonds. The number of carbonyl (C=O) groups excluding carboxylic acids is 2. The molecule has 6 heteroatoms. The first-order chi connectivity index (χ1) is 9.24. The third-order valence-corrected chi connectivity index (χ3v) is 3.93. The van der Waals surface area contributed by atoms with Crippen molar-refractivity contribution >= 4 is 12.1 Å². The van der Waals surface area contributed by atoms with Crippen molar-refractivity contribution in [1.29, 1.82) is 0 Å². The van der Waals surface area contributed by atoms with E-state index in [9.17, 15) is 9.59 Å². The number of likely N-dealkylation sites (tertiary alicyclic amines) is 1. The summed E-state index contributed by atoms with van der Waals surface area (Å²) >= 11 is 0. The van der Waals surface area contributed by atoms with Gasteiger partial charge in [0.1, 0.15) is 11.6 Å². The van der Waals surface area contributed by atoms with Gasteiger partial charge in [-0.1, -0.05) is 0 Å². The van der Waals surface area contributed by atoms with Gasteiger partial charge in [-0.15, -0.1) is 0 Å². The van der Waals surface area contributed by atoms with E-state index in [0.29, 0.717) is 13.0 Å². The predicted octanol–water partition coefficient (Wildman–Crippen LogP) is 1.57. The molecule has 1 aliphatic heterocycles. The monoisotopic (exact) mass is 285 g/mol. The molecule has 0 bridgehead atoms. The Morgan fingerprint density at radius 1 is 1.25 bits per heavy atom. The number of hydrogen-bond donors (Lipinski definition) is 0. The number of rotatable bonds is 3. The van der Waals surface area contributed by atoms with Crippen molar-refractivity contribution < 1.29 is 23.8 Å². The number of piperidine rings is 1. The van der Waals surface area contributed by atoms with E-state index in [1.165, 1.54) is 12.0 Å². The lowest BCUT2D eigenvalue weighted by Crippen LogP contribution is -2.46. The van der Waals surface area contributed by atoms with Crippen LogP contribution in [0.2, 0.25) is 0 Å². The minimum absolute atomic E-state index is 0.0152. The summed E-state index contributed by atoms with van der Waals surface area (Å²) in [6.07, 6.45) is 0.985. The van der Waals surface area contributed by atoms with Crippen LogP contribution < -0.4 is 0 Å². The Balaban J connectivity index is 2.16. The summed E-state index contributed by atoms with van der Waals surface area (Å²) in [4.78, 5) is 25.8. The molecule has 1 aliphatic carbocycles. The van der Waals surface area contributed by atoms with Crippen LogP contribution in [0, 0.1) is 5.41 Å². The fraction of sp³-hybridized carbons (Fsp3) is 0.857. The number of hydrogen-bond acceptors (Lipinski definition) is 5. The van der Waals surface area contributed by atoms with E-state index in [0.717, 1.165) is 6.42 Å². The third-order valence-electron chi connectivity index (χ3n) is 3.93. The zero-order valence-electron chi connectivity index (χ0n) is 12.8. The van der Waals surface area contributed by atoms with Crippen LogP contribution in [0.15, 0.2) is 0 Å². The zero-order chi connectivity index (χ0) is 15.1. The second-order valence-corrected chi connectivity index (χ2v) is 6.65. The summed E-state index contributed by atoms with van der Waals surface area (Å²) in [5.41, 5.74) is -0.691. The van der Waals surface area contributed by atoms with Crippen LogP contribution in [-0.4, -0.2) is 55.5 Å². The van der Waals surface area contributed by atoms with E-state index < -0.39 is 23.7 Å². The number of fused-ring (bicyclic) bond motifs is 1. The van der Waals surface area contributed by atoms with Crippen LogP contribution in [0.5, 0.6) is 0 Å². The van der Waals surface area contributed by atoms with Crippen molar-refractivity contribution in [2.75, 3.05) is 20.8 Å². The van der Waals surface area contributed by atoms with E-state index in [1.54, 1.807) is 7.11 Å². The van der Waals surface area contributed by atoms with Crippen molar-refractivity contribution in [3.05, 3.63) is 0 Å². The molecule has 20 heavy (non-hydrogen) atoms. The Kier molecular flexibility index (Phi) is 3.71. The maximum atomic E-state index is 12.3. The summed E-state index contributed by atoms with van der Waals surface area (Å²) in [5, 5.41) is 0. The molecule has 0 aromatic rings. The highest BCUT2D eigenvalue weighted by molar-refractivity contribution is 5.83. The first-order valence-corrected chi connectivity index (χ1v) is 6.82. The van der Waals surface area contributed by atoms with Crippen molar-refractivity contribution in [2.24, 2.45) is 5.41 Å². The van der Waals surface area contributed by atoms with Gasteiger partial charge in [0.05, 0.1) is 13.7 Å². The number of amides is 1. The van der Waals surface area contributed by atoms with Crippen LogP contribution >= 0.6 is 0 Å². The van der Waals surface area contributed by atoms with Crippen LogP contribution in [-0.2, 0) is 19.0 Å². The molecule has 0 radical (unpaired) electrons. The smallest absolute Gasteiger partial charge is 0.411 e. The lowest BCUT2D eigenvalue weighted by molar-refractivity contribution is -0.146. The predicted molar refractivity (Wildman–Crippen MR) is 71.2 cm³/mol. The first-order valence-electron chi connectivity index (χ1n) is 6.82. The van der Waals surface area contributed by atoms with Gasteiger partial charge in [-0.25, -0.2) is 9.59 Å². The molecule has 0 N–H and O–H groups in total. The topological polar surface area (TPSA) is 65.1 Å². The summed E-state index contributed by atoms with van der Waals surface area (Å²) < 4.78 is 15.4. The van der Waals surface area contributed by atoms with Gasteiger partial charge in [-0.2, -0.15) is 0 Å². The standard InChI is InChI=1S/C14H23NO5/c1-13(2,3)20-12(17)15-9(11(16)19-5)6-14(8-18-4)7-10(14)15/h9-10H,6-8H2,1-5H3/t9-,10?,14+/m0/s1. The van der Waals surface area contributed by atoms with Gasteiger partial charge in [0.15, 0.2) is 0 Å². The Morgan fingerprint density at radius 3 is 2.40 bits per heavy atom. The van der Waals surface area contributed by atoms with Gasteiger partial charge in [0.25, 0.3) is 0 Å². The van der Waals surface area contributed by atoms with E-state index >= 15 is 0 Å². The molecule has 1 saturated heterocycles. The average Bonchev–Trinajstić information content (AvgIpc) is 2.91. The molecule has 0 aromatic carbocycles. The highest BCUT2D eigenvalue weighted by Gasteiger charge is 2.68. The number of methoxy groups -OCH3 is 2. The fourth-order valence-corrected chi connectivity index (χ4v) is 3.04. The molecule has 1 heterocycles. The normalized spacial score (nSPS) is 31.8. The van der Waals surface area contributed by atoms with Gasteiger partial charge in [0.2, 0.25) is 0 Å². The first kappa shape index (κ1) is 15.1. The van der Waals surface area contributed by atoms with E-state index in [1.807, 2.05) is 20.8 Å². The molecular weight excluding hydrogens is 262 g/mol. The van der Waals surface area contributed by atoms with Gasteiger partial charge in [0, 0.05) is 18.6 Å². The summed E-state index contributed by atoms with van der Waals surface area (Å²) in [6.45, 7) is 5.97. The maximum absolute atomic E-state index is 12.3. The Bertz CT molecular complexity index is 416. The molecule has 2 fully saturated rings. The van der Waals surface area contributed by atoms with Crippen LogP contribution in [0.4, 0.5) is 4.79 Å². The van der Waals surface area contributed by atoms with Crippen LogP contribution in [0.3, 0.4) is 0 Å². The van der Waals surface area contributed by atoms with E-state index in [-0.39, 0.29) is 11.5 Å². The van der Waals surface area contributed by atoms with Gasteiger partial charge in [-0.05, 0) is 33.6 Å². The second kappa shape index (κ2) is 4.91. The summed E-state index contributed by atoms with van der Waals surface area (Å²) in [6, 6.07) is -0.551. The van der Waals surface area contributed by atoms with Gasteiger partial charge in [-0.3, -0.25) is 4.90 Å². The molecule has 0 spiro atoms. The average molecular weight is 285 g/mol. The molecule has 2 aliphatic rings. The highest BCUT2D eigenvalue weighted by Crippen LogP contribution is 2.60. The van der Waals surface area contributed by atoms with Crippen LogP contribution in [0.25, 0.3) is 0 Å². The molecule has 1 unspecified atom stereocenters. The minimum Gasteiger partial charge on any atom is -0.467 e. The molecule has 6 nitrogen and oxygen atoms in total. The number of carbonyl (C=O) groups is 2. The summed E-state index contributed by atoms with van der Waals surface area (Å²) in [5.74, 6) is -0.390. The minimum atomic E-state index is -0.584. The van der Waals surface area contributed by atoms with Crippen molar-refractivity contribution in [3.8, 4) is 0 Å². The Labute approximate surface area is 119 Å². The molecule has 1 saturated carbocycles. The largest absolute Gasteiger partial charge is 0.467 e. The van der Waals surface area contributed by atoms with Crippen LogP contribution in [0.1, 0.15) is 33.6 Å². The van der Waals surface area contributed by atoms with Crippen molar-refractivity contribution in [1.82, 2.24) is 4.90 Å². The maximum Gasteiger partial charge on any atom is 0.411 e. The van der Waals surface area contributed by atoms with E-state index in [4.69, 9.17) is 14.2 Å². The lowest BCUT2D eigenvalue weighted by Gasteiger charge is -2.29. The highest BCUT2D eigenvalue weighted by atomic mass is 16.6. The number of ether oxygens (including phenoxy) is 3. The van der Waals surface area contributed by atoms with Gasteiger partial charge >= 0.3 is 12.1 Å². The molecule has 2 rings (SSSR count). The number of esters is 1. The van der Waals surface area contributed by atoms with Crippen molar-refractivity contribution in [3.63, 3.8) is 0 Å². The molecule has 114 valence electrons. The van der Waals surface area contributed by atoms with Gasteiger partial charge < -0.3 is 14.2 Å². The Morgan fingerprint density at radius 2 is 1.90 bits per heavy atom. The molecular formula is C14H23NO5. The Hall–Kier alpha value is -1.30. The fourth-order valence-electron chi connectivity index (χ4n) is 3.04. The SMILES string of the molecule is COC[C@@]12CC1N(C(=O)OC(C)(C)C)[C@H](C(=O)OC)C2. The number of nitrogens with zero attached hydrogens (tertiary/aromatic N) is 1. The molecule has 3 atom stereocenters. The summed E-state index contributed by atoms with van der Waals surface area (Å²) in [7, 11) is 2.97. The lowest BCUT2D eigenvalue weighted by atomic mass is 10.0. The van der Waals surface area contributed by atoms with E-state index in [2.05, 4.69) is 0 Å². The zero-order valence-corrected chi connectivity index (χ0v) is 12.8. The quantitative estimate of drug-likeness (QED) is 0.736. The van der Waals surface area contributed by atoms with Crippen molar-refractivity contribution in [2.45, 2.75) is 51.3 Å². The molecule has 0 aromatic heterocycles. The second-order valence-electron chi connectivity index (χ2n) is 6.65.